The number of halogens is 1. The van der Waals surface area contributed by atoms with Crippen LogP contribution in [0.2, 0.25) is 0 Å². The SMILES string of the molecule is COCCC(c1ccc(F)cc1)C1CCN(C(=O)N2CC[C@@H]3OCC(=O)N[C@@H]3C2)CC1. The minimum atomic E-state index is -0.224. The van der Waals surface area contributed by atoms with E-state index in [-0.39, 0.29) is 36.5 Å². The maximum Gasteiger partial charge on any atom is 0.320 e. The highest BCUT2D eigenvalue weighted by molar-refractivity contribution is 5.79. The number of hydrogen-bond donors (Lipinski definition) is 1. The van der Waals surface area contributed by atoms with Crippen LogP contribution in [0, 0.1) is 11.7 Å². The van der Waals surface area contributed by atoms with Gasteiger partial charge in [0.1, 0.15) is 12.4 Å². The number of benzene rings is 1. The minimum absolute atomic E-state index is 0.00439. The lowest BCUT2D eigenvalue weighted by atomic mass is 9.78. The number of nitrogens with one attached hydrogen (secondary N) is 1. The molecule has 31 heavy (non-hydrogen) atoms. The molecule has 1 N–H and O–H groups in total. The third-order valence-electron chi connectivity index (χ3n) is 6.91. The quantitative estimate of drug-likeness (QED) is 0.774. The van der Waals surface area contributed by atoms with E-state index in [1.807, 2.05) is 21.9 Å². The lowest BCUT2D eigenvalue weighted by Gasteiger charge is -2.44. The van der Waals surface area contributed by atoms with Crippen LogP contribution < -0.4 is 5.32 Å². The third kappa shape index (κ3) is 5.18. The molecule has 3 saturated heterocycles. The average molecular weight is 434 g/mol. The number of piperidine rings is 2. The number of carbonyl (C=O) groups is 2. The molecule has 3 heterocycles. The van der Waals surface area contributed by atoms with E-state index in [2.05, 4.69) is 5.32 Å². The predicted octanol–water partition coefficient (Wildman–Crippen LogP) is 2.37. The Kier molecular flexibility index (Phi) is 7.07. The van der Waals surface area contributed by atoms with Crippen molar-refractivity contribution in [2.45, 2.75) is 43.7 Å². The number of methoxy groups -OCH3 is 1. The average Bonchev–Trinajstić information content (AvgIpc) is 2.80. The summed E-state index contributed by atoms with van der Waals surface area (Å²) >= 11 is 0. The van der Waals surface area contributed by atoms with Crippen LogP contribution in [0.15, 0.2) is 24.3 Å². The Hall–Kier alpha value is -2.19. The molecule has 0 aliphatic carbocycles. The van der Waals surface area contributed by atoms with Crippen LogP contribution in [0.3, 0.4) is 0 Å². The Balaban J connectivity index is 1.34. The van der Waals surface area contributed by atoms with Crippen LogP contribution >= 0.6 is 0 Å². The number of urea groups is 1. The normalized spacial score (nSPS) is 25.7. The van der Waals surface area contributed by atoms with E-state index in [1.54, 1.807) is 7.11 Å². The Bertz CT molecular complexity index is 767. The molecule has 0 bridgehead atoms. The van der Waals surface area contributed by atoms with E-state index in [0.29, 0.717) is 44.6 Å². The van der Waals surface area contributed by atoms with Gasteiger partial charge in [-0.1, -0.05) is 12.1 Å². The molecule has 0 saturated carbocycles. The van der Waals surface area contributed by atoms with Gasteiger partial charge in [0.15, 0.2) is 0 Å². The number of amides is 3. The molecular formula is C23H32FN3O4. The maximum absolute atomic E-state index is 13.4. The molecular weight excluding hydrogens is 401 g/mol. The first-order chi connectivity index (χ1) is 15.0. The molecule has 1 aromatic rings. The number of nitrogens with zero attached hydrogens (tertiary/aromatic N) is 2. The maximum atomic E-state index is 13.4. The van der Waals surface area contributed by atoms with Crippen LogP contribution in [-0.2, 0) is 14.3 Å². The van der Waals surface area contributed by atoms with Gasteiger partial charge in [0.05, 0.1) is 12.1 Å². The molecule has 0 spiro atoms. The van der Waals surface area contributed by atoms with Crippen LogP contribution in [-0.4, -0.2) is 80.4 Å². The molecule has 3 aliphatic rings. The van der Waals surface area contributed by atoms with Gasteiger partial charge >= 0.3 is 6.03 Å². The summed E-state index contributed by atoms with van der Waals surface area (Å²) in [4.78, 5) is 28.5. The summed E-state index contributed by atoms with van der Waals surface area (Å²) in [7, 11) is 1.70. The van der Waals surface area contributed by atoms with Gasteiger partial charge in [0.25, 0.3) is 0 Å². The van der Waals surface area contributed by atoms with Crippen molar-refractivity contribution in [3.63, 3.8) is 0 Å². The summed E-state index contributed by atoms with van der Waals surface area (Å²) in [6.45, 7) is 3.35. The van der Waals surface area contributed by atoms with E-state index >= 15 is 0 Å². The molecule has 1 unspecified atom stereocenters. The van der Waals surface area contributed by atoms with Crippen molar-refractivity contribution in [1.82, 2.24) is 15.1 Å². The van der Waals surface area contributed by atoms with Crippen LogP contribution in [0.1, 0.15) is 37.2 Å². The molecule has 3 aliphatic heterocycles. The van der Waals surface area contributed by atoms with Crippen molar-refractivity contribution in [2.24, 2.45) is 5.92 Å². The fourth-order valence-corrected chi connectivity index (χ4v) is 5.20. The fraction of sp³-hybridized carbons (Fsp3) is 0.652. The Morgan fingerprint density at radius 3 is 2.61 bits per heavy atom. The zero-order valence-electron chi connectivity index (χ0n) is 18.1. The van der Waals surface area contributed by atoms with Crippen molar-refractivity contribution in [1.29, 1.82) is 0 Å². The molecule has 0 aromatic heterocycles. The van der Waals surface area contributed by atoms with Crippen molar-refractivity contribution in [2.75, 3.05) is 46.5 Å². The van der Waals surface area contributed by atoms with Gasteiger partial charge < -0.3 is 24.6 Å². The fourth-order valence-electron chi connectivity index (χ4n) is 5.20. The highest BCUT2D eigenvalue weighted by Crippen LogP contribution is 2.36. The van der Waals surface area contributed by atoms with Crippen LogP contribution in [0.4, 0.5) is 9.18 Å². The highest BCUT2D eigenvalue weighted by atomic mass is 19.1. The second kappa shape index (κ2) is 9.96. The number of ether oxygens (including phenoxy) is 2. The van der Waals surface area contributed by atoms with E-state index in [9.17, 15) is 14.0 Å². The summed E-state index contributed by atoms with van der Waals surface area (Å²) in [5.41, 5.74) is 1.14. The number of carbonyl (C=O) groups excluding carboxylic acids is 2. The van der Waals surface area contributed by atoms with Gasteiger partial charge in [-0.3, -0.25) is 4.79 Å². The van der Waals surface area contributed by atoms with Crippen LogP contribution in [0.5, 0.6) is 0 Å². The van der Waals surface area contributed by atoms with Gasteiger partial charge in [-0.25, -0.2) is 9.18 Å². The summed E-state index contributed by atoms with van der Waals surface area (Å²) < 4.78 is 24.3. The Morgan fingerprint density at radius 2 is 1.90 bits per heavy atom. The first-order valence-corrected chi connectivity index (χ1v) is 11.2. The number of hydrogen-bond acceptors (Lipinski definition) is 4. The second-order valence-corrected chi connectivity index (χ2v) is 8.80. The van der Waals surface area contributed by atoms with Gasteiger partial charge in [-0.15, -0.1) is 0 Å². The second-order valence-electron chi connectivity index (χ2n) is 8.80. The van der Waals surface area contributed by atoms with Crippen molar-refractivity contribution in [3.05, 3.63) is 35.6 Å². The summed E-state index contributed by atoms with van der Waals surface area (Å²) in [5, 5.41) is 2.95. The molecule has 4 rings (SSSR count). The topological polar surface area (TPSA) is 71.1 Å². The third-order valence-corrected chi connectivity index (χ3v) is 6.91. The first kappa shape index (κ1) is 22.0. The lowest BCUT2D eigenvalue weighted by Crippen LogP contribution is -2.62. The molecule has 3 fully saturated rings. The van der Waals surface area contributed by atoms with Crippen molar-refractivity contribution >= 4 is 11.9 Å². The van der Waals surface area contributed by atoms with Crippen LogP contribution in [0.25, 0.3) is 0 Å². The Labute approximate surface area is 182 Å². The molecule has 7 nitrogen and oxygen atoms in total. The minimum Gasteiger partial charge on any atom is -0.385 e. The largest absolute Gasteiger partial charge is 0.385 e. The monoisotopic (exact) mass is 433 g/mol. The van der Waals surface area contributed by atoms with E-state index in [1.165, 1.54) is 12.1 Å². The zero-order valence-corrected chi connectivity index (χ0v) is 18.1. The molecule has 1 aromatic carbocycles. The lowest BCUT2D eigenvalue weighted by molar-refractivity contribution is -0.139. The van der Waals surface area contributed by atoms with Gasteiger partial charge in [0, 0.05) is 39.9 Å². The summed E-state index contributed by atoms with van der Waals surface area (Å²) in [6.07, 6.45) is 3.46. The molecule has 8 heteroatoms. The van der Waals surface area contributed by atoms with Crippen molar-refractivity contribution < 1.29 is 23.5 Å². The van der Waals surface area contributed by atoms with Gasteiger partial charge in [-0.05, 0) is 55.2 Å². The number of likely N-dealkylation sites (tertiary alicyclic amines) is 2. The van der Waals surface area contributed by atoms with Gasteiger partial charge in [0.2, 0.25) is 5.91 Å². The van der Waals surface area contributed by atoms with E-state index < -0.39 is 0 Å². The molecule has 3 atom stereocenters. The number of rotatable bonds is 5. The number of fused-ring (bicyclic) bond motifs is 1. The van der Waals surface area contributed by atoms with E-state index in [0.717, 1.165) is 31.2 Å². The smallest absolute Gasteiger partial charge is 0.320 e. The summed E-state index contributed by atoms with van der Waals surface area (Å²) in [6, 6.07) is 6.71. The molecule has 0 radical (unpaired) electrons. The first-order valence-electron chi connectivity index (χ1n) is 11.2. The highest BCUT2D eigenvalue weighted by Gasteiger charge is 2.38. The van der Waals surface area contributed by atoms with Gasteiger partial charge in [-0.2, -0.15) is 0 Å². The standard InChI is InChI=1S/C23H32FN3O4/c1-30-13-9-19(16-2-4-18(24)5-3-16)17-6-10-26(11-7-17)23(29)27-12-8-21-20(14-27)25-22(28)15-31-21/h2-5,17,19-21H,6-15H2,1H3,(H,25,28)/t19?,20-,21+/m1/s1. The van der Waals surface area contributed by atoms with E-state index in [4.69, 9.17) is 9.47 Å². The zero-order chi connectivity index (χ0) is 21.8. The van der Waals surface area contributed by atoms with Crippen molar-refractivity contribution in [3.8, 4) is 0 Å². The predicted molar refractivity (Wildman–Crippen MR) is 113 cm³/mol. The Morgan fingerprint density at radius 1 is 1.19 bits per heavy atom. The molecule has 3 amide bonds. The number of morpholine rings is 1. The molecule has 170 valence electrons. The summed E-state index contributed by atoms with van der Waals surface area (Å²) in [5.74, 6) is 0.391.